The number of rotatable bonds is 7. The summed E-state index contributed by atoms with van der Waals surface area (Å²) in [5.74, 6) is -5.43. The Morgan fingerprint density at radius 1 is 0.771 bits per heavy atom. The number of aryl methyl sites for hydroxylation is 1. The fourth-order valence-corrected chi connectivity index (χ4v) is 5.73. The summed E-state index contributed by atoms with van der Waals surface area (Å²) in [5, 5.41) is 0. The Hall–Kier alpha value is -2.02. The zero-order valence-corrected chi connectivity index (χ0v) is 19.9. The monoisotopic (exact) mass is 498 g/mol. The summed E-state index contributed by atoms with van der Waals surface area (Å²) < 4.78 is 90.1. The maximum atomic E-state index is 15.0. The molecule has 0 N–H and O–H groups in total. The third-order valence-electron chi connectivity index (χ3n) is 7.72. The van der Waals surface area contributed by atoms with Gasteiger partial charge in [-0.2, -0.15) is 8.78 Å². The molecule has 2 fully saturated rings. The molecule has 2 aliphatic rings. The van der Waals surface area contributed by atoms with Crippen LogP contribution in [0.1, 0.15) is 93.2 Å². The van der Waals surface area contributed by atoms with Gasteiger partial charge >= 0.3 is 6.11 Å². The van der Waals surface area contributed by atoms with Crippen molar-refractivity contribution in [3.05, 3.63) is 70.3 Å². The van der Waals surface area contributed by atoms with E-state index < -0.39 is 35.6 Å². The van der Waals surface area contributed by atoms with Crippen LogP contribution in [0.5, 0.6) is 0 Å². The lowest BCUT2D eigenvalue weighted by atomic mass is 9.77. The van der Waals surface area contributed by atoms with Crippen molar-refractivity contribution in [1.82, 2.24) is 0 Å². The van der Waals surface area contributed by atoms with Gasteiger partial charge in [0.25, 0.3) is 0 Å². The molecule has 2 aromatic carbocycles. The van der Waals surface area contributed by atoms with Crippen molar-refractivity contribution in [2.45, 2.75) is 95.2 Å². The average molecular weight is 499 g/mol. The van der Waals surface area contributed by atoms with Gasteiger partial charge in [0.2, 0.25) is 0 Å². The molecule has 4 rings (SSSR count). The maximum Gasteiger partial charge on any atom is 0.358 e. The Labute approximate surface area is 202 Å². The topological polar surface area (TPSA) is 9.23 Å². The Balaban J connectivity index is 1.29. The molecule has 0 radical (unpaired) electrons. The van der Waals surface area contributed by atoms with Gasteiger partial charge in [0.05, 0.1) is 12.0 Å². The van der Waals surface area contributed by atoms with Crippen LogP contribution in [0.4, 0.5) is 26.3 Å². The van der Waals surface area contributed by atoms with E-state index in [1.807, 2.05) is 13.0 Å². The highest BCUT2D eigenvalue weighted by molar-refractivity contribution is 5.28. The molecule has 0 bridgehead atoms. The van der Waals surface area contributed by atoms with Gasteiger partial charge in [0.1, 0.15) is 5.82 Å². The predicted octanol–water partition coefficient (Wildman–Crippen LogP) is 8.81. The SMILES string of the molecule is CCCc1ccc(C2CCC(C(F)(F)OC3CCC(c4cc(F)c(F)c(F)c4)CC3)CC2)c(F)c1. The first-order valence-electron chi connectivity index (χ1n) is 12.7. The van der Waals surface area contributed by atoms with Gasteiger partial charge in [0, 0.05) is 0 Å². The summed E-state index contributed by atoms with van der Waals surface area (Å²) in [6.07, 6.45) is 0.876. The molecule has 0 aliphatic heterocycles. The normalized spacial score (nSPS) is 25.6. The summed E-state index contributed by atoms with van der Waals surface area (Å²) in [7, 11) is 0. The van der Waals surface area contributed by atoms with Crippen molar-refractivity contribution in [3.63, 3.8) is 0 Å². The molecule has 0 spiro atoms. The number of benzene rings is 2. The molecule has 0 unspecified atom stereocenters. The summed E-state index contributed by atoms with van der Waals surface area (Å²) >= 11 is 0. The van der Waals surface area contributed by atoms with Gasteiger partial charge in [0.15, 0.2) is 17.5 Å². The van der Waals surface area contributed by atoms with Gasteiger partial charge in [-0.25, -0.2) is 17.6 Å². The zero-order chi connectivity index (χ0) is 25.2. The van der Waals surface area contributed by atoms with Crippen molar-refractivity contribution in [2.75, 3.05) is 0 Å². The summed E-state index contributed by atoms with van der Waals surface area (Å²) in [6.45, 7) is 2.04. The minimum absolute atomic E-state index is 0.0651. The lowest BCUT2D eigenvalue weighted by Crippen LogP contribution is -2.38. The van der Waals surface area contributed by atoms with Crippen LogP contribution in [0, 0.1) is 29.2 Å². The van der Waals surface area contributed by atoms with E-state index in [-0.39, 0.29) is 30.5 Å². The first-order valence-corrected chi connectivity index (χ1v) is 12.7. The fourth-order valence-electron chi connectivity index (χ4n) is 5.73. The Kier molecular flexibility index (Phi) is 8.14. The molecule has 2 saturated carbocycles. The Morgan fingerprint density at radius 2 is 1.37 bits per heavy atom. The fraction of sp³-hybridized carbons (Fsp3) is 0.571. The van der Waals surface area contributed by atoms with Crippen LogP contribution in [0.3, 0.4) is 0 Å². The summed E-state index contributed by atoms with van der Waals surface area (Å²) in [4.78, 5) is 0. The molecule has 0 heterocycles. The molecule has 0 atom stereocenters. The van der Waals surface area contributed by atoms with Crippen LogP contribution in [0.15, 0.2) is 30.3 Å². The van der Waals surface area contributed by atoms with Crippen molar-refractivity contribution in [2.24, 2.45) is 5.92 Å². The molecule has 1 nitrogen and oxygen atoms in total. The van der Waals surface area contributed by atoms with Gasteiger partial charge < -0.3 is 4.74 Å². The summed E-state index contributed by atoms with van der Waals surface area (Å²) in [6, 6.07) is 7.26. The minimum Gasteiger partial charge on any atom is -0.317 e. The second kappa shape index (κ2) is 10.9. The molecule has 192 valence electrons. The highest BCUT2D eigenvalue weighted by Crippen LogP contribution is 2.45. The second-order valence-corrected chi connectivity index (χ2v) is 10.1. The van der Waals surface area contributed by atoms with E-state index in [2.05, 4.69) is 0 Å². The van der Waals surface area contributed by atoms with E-state index in [4.69, 9.17) is 4.74 Å². The first kappa shape index (κ1) is 26.1. The van der Waals surface area contributed by atoms with Gasteiger partial charge in [-0.05, 0) is 105 Å². The number of hydrogen-bond acceptors (Lipinski definition) is 1. The largest absolute Gasteiger partial charge is 0.358 e. The molecule has 0 saturated heterocycles. The zero-order valence-electron chi connectivity index (χ0n) is 19.9. The molecule has 0 aromatic heterocycles. The van der Waals surface area contributed by atoms with Crippen molar-refractivity contribution in [1.29, 1.82) is 0 Å². The number of ether oxygens (including phenoxy) is 1. The van der Waals surface area contributed by atoms with Crippen LogP contribution in [0.25, 0.3) is 0 Å². The van der Waals surface area contributed by atoms with E-state index in [0.29, 0.717) is 49.7 Å². The van der Waals surface area contributed by atoms with Crippen LogP contribution >= 0.6 is 0 Å². The second-order valence-electron chi connectivity index (χ2n) is 10.1. The molecule has 0 amide bonds. The van der Waals surface area contributed by atoms with Crippen LogP contribution in [0.2, 0.25) is 0 Å². The number of alkyl halides is 2. The average Bonchev–Trinajstić information content (AvgIpc) is 2.83. The standard InChI is InChI=1S/C28H32F6O/c1-2-3-17-4-13-23(24(29)14-17)19-5-9-21(10-6-19)28(33,34)35-22-11-7-18(8-12-22)20-15-25(30)27(32)26(31)16-20/h4,13-16,18-19,21-22H,2-3,5-12H2,1H3. The van der Waals surface area contributed by atoms with Crippen molar-refractivity contribution < 1.29 is 31.1 Å². The lowest BCUT2D eigenvalue weighted by Gasteiger charge is -2.37. The Bertz CT molecular complexity index is 983. The molecular weight excluding hydrogens is 466 g/mol. The highest BCUT2D eigenvalue weighted by Gasteiger charge is 2.45. The third-order valence-corrected chi connectivity index (χ3v) is 7.72. The maximum absolute atomic E-state index is 15.0. The summed E-state index contributed by atoms with van der Waals surface area (Å²) in [5.41, 5.74) is 1.91. The van der Waals surface area contributed by atoms with Gasteiger partial charge in [-0.1, -0.05) is 25.5 Å². The smallest absolute Gasteiger partial charge is 0.317 e. The van der Waals surface area contributed by atoms with Crippen molar-refractivity contribution >= 4 is 0 Å². The van der Waals surface area contributed by atoms with Crippen molar-refractivity contribution in [3.8, 4) is 0 Å². The van der Waals surface area contributed by atoms with Gasteiger partial charge in [-0.15, -0.1) is 0 Å². The molecule has 35 heavy (non-hydrogen) atoms. The first-order chi connectivity index (χ1) is 16.7. The molecule has 2 aromatic rings. The Morgan fingerprint density at radius 3 is 1.94 bits per heavy atom. The highest BCUT2D eigenvalue weighted by atomic mass is 19.3. The quantitative estimate of drug-likeness (QED) is 0.274. The van der Waals surface area contributed by atoms with Crippen LogP contribution < -0.4 is 0 Å². The van der Waals surface area contributed by atoms with E-state index in [1.165, 1.54) is 0 Å². The number of hydrogen-bond donors (Lipinski definition) is 0. The van der Waals surface area contributed by atoms with Crippen LogP contribution in [-0.4, -0.2) is 12.2 Å². The van der Waals surface area contributed by atoms with Gasteiger partial charge in [-0.3, -0.25) is 0 Å². The van der Waals surface area contributed by atoms with E-state index >= 15 is 0 Å². The minimum atomic E-state index is -3.28. The number of halogens is 6. The third kappa shape index (κ3) is 6.04. The van der Waals surface area contributed by atoms with E-state index in [0.717, 1.165) is 30.5 Å². The lowest BCUT2D eigenvalue weighted by molar-refractivity contribution is -0.300. The van der Waals surface area contributed by atoms with E-state index in [1.54, 1.807) is 12.1 Å². The predicted molar refractivity (Wildman–Crippen MR) is 122 cm³/mol. The van der Waals surface area contributed by atoms with Crippen LogP contribution in [-0.2, 0) is 11.2 Å². The molecule has 2 aliphatic carbocycles. The molecule has 7 heteroatoms. The van der Waals surface area contributed by atoms with E-state index in [9.17, 15) is 26.3 Å². The molecular formula is C28H32F6O.